The van der Waals surface area contributed by atoms with E-state index in [1.165, 1.54) is 12.1 Å². The molecule has 0 bridgehead atoms. The first kappa shape index (κ1) is 15.8. The highest BCUT2D eigenvalue weighted by atomic mass is 32.2. The predicted molar refractivity (Wildman–Crippen MR) is 68.8 cm³/mol. The van der Waals surface area contributed by atoms with Crippen LogP contribution in [0.15, 0.2) is 23.1 Å². The molecule has 0 aliphatic heterocycles. The Morgan fingerprint density at radius 2 is 2.11 bits per heavy atom. The van der Waals surface area contributed by atoms with Crippen molar-refractivity contribution < 1.29 is 22.7 Å². The van der Waals surface area contributed by atoms with Crippen LogP contribution in [0.25, 0.3) is 0 Å². The van der Waals surface area contributed by atoms with Gasteiger partial charge in [-0.2, -0.15) is 0 Å². The van der Waals surface area contributed by atoms with Crippen LogP contribution < -0.4 is 10.5 Å². The van der Waals surface area contributed by atoms with Crippen molar-refractivity contribution in [2.45, 2.75) is 11.3 Å². The quantitative estimate of drug-likeness (QED) is 0.598. The molecule has 0 radical (unpaired) electrons. The first-order valence-corrected chi connectivity index (χ1v) is 7.24. The zero-order valence-corrected chi connectivity index (χ0v) is 11.1. The summed E-state index contributed by atoms with van der Waals surface area (Å²) in [7, 11) is -3.89. The summed E-state index contributed by atoms with van der Waals surface area (Å²) in [6.45, 7) is 1.16. The van der Waals surface area contributed by atoms with Gasteiger partial charge in [-0.25, -0.2) is 17.9 Å². The van der Waals surface area contributed by atoms with Gasteiger partial charge in [0.25, 0.3) is 0 Å². The number of rotatable bonds is 8. The molecule has 6 nitrogen and oxygen atoms in total. The Bertz CT molecular complexity index is 507. The Morgan fingerprint density at radius 3 is 2.68 bits per heavy atom. The highest BCUT2D eigenvalue weighted by Crippen LogP contribution is 2.17. The molecule has 0 unspecified atom stereocenters. The lowest BCUT2D eigenvalue weighted by Gasteiger charge is -2.08. The number of anilines is 1. The summed E-state index contributed by atoms with van der Waals surface area (Å²) in [5, 5.41) is 16.2. The molecule has 8 heteroatoms. The number of benzene rings is 1. The monoisotopic (exact) mass is 292 g/mol. The summed E-state index contributed by atoms with van der Waals surface area (Å²) in [5.74, 6) is -0.678. The summed E-state index contributed by atoms with van der Waals surface area (Å²) < 4.78 is 40.6. The van der Waals surface area contributed by atoms with E-state index in [4.69, 9.17) is 15.0 Å². The minimum Gasteiger partial charge on any atom is -0.394 e. The maximum atomic E-state index is 13.6. The second kappa shape index (κ2) is 7.39. The normalized spacial score (nSPS) is 11.5. The van der Waals surface area contributed by atoms with Crippen LogP contribution >= 0.6 is 0 Å². The average Bonchev–Trinajstić information content (AvgIpc) is 2.34. The number of sulfonamides is 1. The second-order valence-corrected chi connectivity index (χ2v) is 5.36. The standard InChI is InChI=1S/C11H17FN2O4S/c12-10-8-9(19(13,16)17)2-3-11(10)14-4-1-6-18-7-5-15/h2-3,8,14-15H,1,4-7H2,(H2,13,16,17). The number of primary sulfonamides is 1. The maximum Gasteiger partial charge on any atom is 0.238 e. The SMILES string of the molecule is NS(=O)(=O)c1ccc(NCCCOCCO)c(F)c1. The van der Waals surface area contributed by atoms with Crippen molar-refractivity contribution in [2.75, 3.05) is 31.7 Å². The highest BCUT2D eigenvalue weighted by Gasteiger charge is 2.11. The van der Waals surface area contributed by atoms with Crippen LogP contribution in [0.3, 0.4) is 0 Å². The molecule has 0 aliphatic carbocycles. The third-order valence-corrected chi connectivity index (χ3v) is 3.20. The Labute approximate surface area is 111 Å². The Morgan fingerprint density at radius 1 is 1.37 bits per heavy atom. The number of ether oxygens (including phenoxy) is 1. The van der Waals surface area contributed by atoms with Gasteiger partial charge in [0.15, 0.2) is 0 Å². The summed E-state index contributed by atoms with van der Waals surface area (Å²) >= 11 is 0. The highest BCUT2D eigenvalue weighted by molar-refractivity contribution is 7.89. The smallest absolute Gasteiger partial charge is 0.238 e. The lowest BCUT2D eigenvalue weighted by atomic mass is 10.3. The molecule has 0 aromatic heterocycles. The average molecular weight is 292 g/mol. The fourth-order valence-electron chi connectivity index (χ4n) is 1.38. The van der Waals surface area contributed by atoms with E-state index in [0.29, 0.717) is 19.6 Å². The minimum atomic E-state index is -3.89. The molecule has 108 valence electrons. The third-order valence-electron chi connectivity index (χ3n) is 2.29. The summed E-state index contributed by atoms with van der Waals surface area (Å²) in [4.78, 5) is -0.262. The van der Waals surface area contributed by atoms with Crippen molar-refractivity contribution in [3.05, 3.63) is 24.0 Å². The fraction of sp³-hybridized carbons (Fsp3) is 0.455. The molecule has 0 amide bonds. The molecular weight excluding hydrogens is 275 g/mol. The molecule has 0 fully saturated rings. The van der Waals surface area contributed by atoms with E-state index in [9.17, 15) is 12.8 Å². The van der Waals surface area contributed by atoms with Crippen molar-refractivity contribution in [3.8, 4) is 0 Å². The van der Waals surface area contributed by atoms with E-state index in [0.717, 1.165) is 6.07 Å². The number of halogens is 1. The minimum absolute atomic E-state index is 0.0307. The van der Waals surface area contributed by atoms with Gasteiger partial charge in [0.2, 0.25) is 10.0 Å². The summed E-state index contributed by atoms with van der Waals surface area (Å²) in [5.41, 5.74) is 0.203. The van der Waals surface area contributed by atoms with Gasteiger partial charge in [-0.3, -0.25) is 0 Å². The molecule has 0 heterocycles. The van der Waals surface area contributed by atoms with E-state index >= 15 is 0 Å². The van der Waals surface area contributed by atoms with Crippen LogP contribution in [0.2, 0.25) is 0 Å². The Balaban J connectivity index is 2.47. The molecule has 0 saturated carbocycles. The molecule has 0 aliphatic rings. The van der Waals surface area contributed by atoms with Gasteiger partial charge in [-0.05, 0) is 24.6 Å². The van der Waals surface area contributed by atoms with Gasteiger partial charge in [0.05, 0.1) is 23.8 Å². The van der Waals surface area contributed by atoms with Crippen molar-refractivity contribution in [2.24, 2.45) is 5.14 Å². The van der Waals surface area contributed by atoms with Gasteiger partial charge in [-0.1, -0.05) is 0 Å². The van der Waals surface area contributed by atoms with E-state index in [1.54, 1.807) is 0 Å². The first-order valence-electron chi connectivity index (χ1n) is 5.70. The zero-order chi connectivity index (χ0) is 14.3. The van der Waals surface area contributed by atoms with Crippen LogP contribution in [0.5, 0.6) is 0 Å². The second-order valence-electron chi connectivity index (χ2n) is 3.80. The van der Waals surface area contributed by atoms with E-state index in [2.05, 4.69) is 5.32 Å². The Kier molecular flexibility index (Phi) is 6.16. The summed E-state index contributed by atoms with van der Waals surface area (Å²) in [6, 6.07) is 3.44. The van der Waals surface area contributed by atoms with Crippen molar-refractivity contribution >= 4 is 15.7 Å². The molecule has 1 rings (SSSR count). The largest absolute Gasteiger partial charge is 0.394 e. The summed E-state index contributed by atoms with van der Waals surface area (Å²) in [6.07, 6.45) is 0.635. The van der Waals surface area contributed by atoms with Crippen molar-refractivity contribution in [3.63, 3.8) is 0 Å². The number of nitrogens with two attached hydrogens (primary N) is 1. The van der Waals surface area contributed by atoms with Gasteiger partial charge in [-0.15, -0.1) is 0 Å². The van der Waals surface area contributed by atoms with Crippen molar-refractivity contribution in [1.82, 2.24) is 0 Å². The van der Waals surface area contributed by atoms with Crippen LogP contribution in [0.1, 0.15) is 6.42 Å². The van der Waals surface area contributed by atoms with Crippen LogP contribution in [0.4, 0.5) is 10.1 Å². The third kappa shape index (κ3) is 5.52. The van der Waals surface area contributed by atoms with E-state index in [-0.39, 0.29) is 23.8 Å². The Hall–Kier alpha value is -1.22. The van der Waals surface area contributed by atoms with Gasteiger partial charge in [0.1, 0.15) is 5.82 Å². The zero-order valence-electron chi connectivity index (χ0n) is 10.3. The predicted octanol–water partition coefficient (Wildman–Crippen LogP) is 0.284. The lowest BCUT2D eigenvalue weighted by Crippen LogP contribution is -2.13. The molecule has 0 saturated heterocycles. The van der Waals surface area contributed by atoms with E-state index in [1.807, 2.05) is 0 Å². The topological polar surface area (TPSA) is 102 Å². The van der Waals surface area contributed by atoms with Gasteiger partial charge in [0, 0.05) is 13.2 Å². The van der Waals surface area contributed by atoms with E-state index < -0.39 is 15.8 Å². The molecule has 0 atom stereocenters. The molecule has 19 heavy (non-hydrogen) atoms. The van der Waals surface area contributed by atoms with Crippen LogP contribution in [0, 0.1) is 5.82 Å². The maximum absolute atomic E-state index is 13.6. The first-order chi connectivity index (χ1) is 8.95. The molecule has 1 aromatic rings. The molecular formula is C11H17FN2O4S. The van der Waals surface area contributed by atoms with Crippen molar-refractivity contribution in [1.29, 1.82) is 0 Å². The van der Waals surface area contributed by atoms with Gasteiger partial charge >= 0.3 is 0 Å². The molecule has 1 aromatic carbocycles. The molecule has 4 N–H and O–H groups in total. The van der Waals surface area contributed by atoms with Gasteiger partial charge < -0.3 is 15.2 Å². The number of hydrogen-bond donors (Lipinski definition) is 3. The van der Waals surface area contributed by atoms with Crippen LogP contribution in [-0.2, 0) is 14.8 Å². The fourth-order valence-corrected chi connectivity index (χ4v) is 1.91. The number of nitrogens with one attached hydrogen (secondary N) is 1. The number of aliphatic hydroxyl groups excluding tert-OH is 1. The number of aliphatic hydroxyl groups is 1. The lowest BCUT2D eigenvalue weighted by molar-refractivity contribution is 0.0922. The van der Waals surface area contributed by atoms with Crippen LogP contribution in [-0.4, -0.2) is 39.9 Å². The molecule has 0 spiro atoms. The number of hydrogen-bond acceptors (Lipinski definition) is 5.